The van der Waals surface area contributed by atoms with Crippen molar-refractivity contribution in [1.29, 1.82) is 0 Å². The molecule has 0 saturated carbocycles. The van der Waals surface area contributed by atoms with Crippen molar-refractivity contribution < 1.29 is 9.47 Å². The Bertz CT molecular complexity index is 1020. The van der Waals surface area contributed by atoms with Crippen LogP contribution in [0.4, 0.5) is 5.69 Å². The number of para-hydroxylation sites is 1. The van der Waals surface area contributed by atoms with E-state index in [1.54, 1.807) is 18.9 Å². The lowest BCUT2D eigenvalue weighted by atomic mass is 10.1. The first-order chi connectivity index (χ1) is 14.2. The van der Waals surface area contributed by atoms with Crippen LogP contribution in [0, 0.1) is 0 Å². The first-order valence-corrected chi connectivity index (χ1v) is 11.2. The van der Waals surface area contributed by atoms with Crippen molar-refractivity contribution in [2.24, 2.45) is 0 Å². The van der Waals surface area contributed by atoms with Crippen molar-refractivity contribution in [3.63, 3.8) is 0 Å². The molecule has 1 aromatic heterocycles. The van der Waals surface area contributed by atoms with Crippen LogP contribution in [-0.2, 0) is 0 Å². The molecular weight excluding hydrogens is 452 g/mol. The number of hydrogen-bond acceptors (Lipinski definition) is 7. The van der Waals surface area contributed by atoms with Gasteiger partial charge in [0.15, 0.2) is 11.9 Å². The number of unbranched alkanes of at least 4 members (excludes halogenated alkanes) is 1. The van der Waals surface area contributed by atoms with Crippen molar-refractivity contribution in [3.8, 4) is 22.9 Å². The maximum absolute atomic E-state index is 6.30. The highest BCUT2D eigenvalue weighted by molar-refractivity contribution is 9.10. The van der Waals surface area contributed by atoms with Crippen LogP contribution in [0.15, 0.2) is 52.1 Å². The first-order valence-electron chi connectivity index (χ1n) is 9.43. The minimum absolute atomic E-state index is 0.426. The Labute approximate surface area is 182 Å². The third-order valence-corrected chi connectivity index (χ3v) is 6.08. The molecular formula is C21H21BrN4O2S. The summed E-state index contributed by atoms with van der Waals surface area (Å²) in [4.78, 5) is 4.67. The molecule has 6 nitrogen and oxygen atoms in total. The summed E-state index contributed by atoms with van der Waals surface area (Å²) in [6, 6.07) is 13.8. The van der Waals surface area contributed by atoms with E-state index in [4.69, 9.17) is 9.47 Å². The first kappa shape index (κ1) is 20.0. The lowest BCUT2D eigenvalue weighted by Crippen LogP contribution is -2.17. The van der Waals surface area contributed by atoms with E-state index in [1.807, 2.05) is 42.5 Å². The fourth-order valence-electron chi connectivity index (χ4n) is 3.01. The second-order valence-corrected chi connectivity index (χ2v) is 8.45. The molecule has 0 spiro atoms. The fourth-order valence-corrected chi connectivity index (χ4v) is 4.43. The Morgan fingerprint density at radius 2 is 2.07 bits per heavy atom. The molecule has 1 aliphatic rings. The monoisotopic (exact) mass is 472 g/mol. The summed E-state index contributed by atoms with van der Waals surface area (Å²) >= 11 is 5.16. The number of ether oxygens (including phenoxy) is 2. The average molecular weight is 473 g/mol. The van der Waals surface area contributed by atoms with E-state index in [9.17, 15) is 0 Å². The quantitative estimate of drug-likeness (QED) is 0.364. The molecule has 0 saturated heterocycles. The molecule has 1 atom stereocenters. The van der Waals surface area contributed by atoms with E-state index in [2.05, 4.69) is 43.4 Å². The molecule has 8 heteroatoms. The topological polar surface area (TPSA) is 69.2 Å². The molecule has 0 fully saturated rings. The predicted octanol–water partition coefficient (Wildman–Crippen LogP) is 5.71. The Balaban J connectivity index is 1.73. The fraction of sp³-hybridized carbons (Fsp3) is 0.286. The van der Waals surface area contributed by atoms with Crippen LogP contribution in [-0.4, -0.2) is 28.0 Å². The Morgan fingerprint density at radius 1 is 1.21 bits per heavy atom. The highest BCUT2D eigenvalue weighted by atomic mass is 79.9. The van der Waals surface area contributed by atoms with Gasteiger partial charge in [-0.15, -0.1) is 10.2 Å². The predicted molar refractivity (Wildman–Crippen MR) is 119 cm³/mol. The largest absolute Gasteiger partial charge is 0.496 e. The van der Waals surface area contributed by atoms with Gasteiger partial charge in [0.2, 0.25) is 11.0 Å². The van der Waals surface area contributed by atoms with Crippen LogP contribution in [0.2, 0.25) is 0 Å². The average Bonchev–Trinajstić information content (AvgIpc) is 2.90. The minimum atomic E-state index is -0.426. The van der Waals surface area contributed by atoms with E-state index in [0.29, 0.717) is 16.7 Å². The number of thioether (sulfide) groups is 1. The number of methoxy groups -OCH3 is 1. The standard InChI is InChI=1S/C21H21BrN4O2S/c1-3-4-11-29-21-24-20-18(25-26-21)14-7-5-6-8-16(14)23-19(28-20)13-9-10-17(27-2)15(22)12-13/h5-10,12,19,23H,3-4,11H2,1-2H3. The molecule has 2 aromatic carbocycles. The summed E-state index contributed by atoms with van der Waals surface area (Å²) in [5.74, 6) is 2.20. The second-order valence-electron chi connectivity index (χ2n) is 6.53. The normalized spacial score (nSPS) is 14.8. The molecule has 0 bridgehead atoms. The van der Waals surface area contributed by atoms with E-state index in [-0.39, 0.29) is 0 Å². The maximum atomic E-state index is 6.30. The molecule has 1 N–H and O–H groups in total. The number of fused-ring (bicyclic) bond motifs is 3. The Hall–Kier alpha value is -2.32. The summed E-state index contributed by atoms with van der Waals surface area (Å²) in [6.07, 6.45) is 1.82. The zero-order chi connectivity index (χ0) is 20.2. The van der Waals surface area contributed by atoms with Gasteiger partial charge in [-0.1, -0.05) is 43.3 Å². The number of nitrogens with zero attached hydrogens (tertiary/aromatic N) is 3. The van der Waals surface area contributed by atoms with Crippen molar-refractivity contribution in [2.45, 2.75) is 31.1 Å². The van der Waals surface area contributed by atoms with Crippen LogP contribution < -0.4 is 14.8 Å². The number of hydrogen-bond donors (Lipinski definition) is 1. The Kier molecular flexibility index (Phi) is 6.20. The molecule has 1 aliphatic heterocycles. The number of anilines is 1. The number of rotatable bonds is 6. The van der Waals surface area contributed by atoms with Crippen LogP contribution in [0.25, 0.3) is 11.3 Å². The molecule has 0 radical (unpaired) electrons. The van der Waals surface area contributed by atoms with E-state index in [1.165, 1.54) is 0 Å². The summed E-state index contributed by atoms with van der Waals surface area (Å²) in [5.41, 5.74) is 3.43. The van der Waals surface area contributed by atoms with Gasteiger partial charge in [-0.3, -0.25) is 0 Å². The van der Waals surface area contributed by atoms with E-state index in [0.717, 1.165) is 45.6 Å². The van der Waals surface area contributed by atoms with Crippen LogP contribution in [0.1, 0.15) is 31.6 Å². The maximum Gasteiger partial charge on any atom is 0.247 e. The summed E-state index contributed by atoms with van der Waals surface area (Å²) in [7, 11) is 1.65. The van der Waals surface area contributed by atoms with Gasteiger partial charge in [0.05, 0.1) is 11.6 Å². The number of benzene rings is 2. The van der Waals surface area contributed by atoms with Crippen molar-refractivity contribution in [1.82, 2.24) is 15.2 Å². The van der Waals surface area contributed by atoms with E-state index >= 15 is 0 Å². The zero-order valence-corrected chi connectivity index (χ0v) is 18.6. The van der Waals surface area contributed by atoms with E-state index < -0.39 is 6.23 Å². The Morgan fingerprint density at radius 3 is 2.86 bits per heavy atom. The summed E-state index contributed by atoms with van der Waals surface area (Å²) in [5, 5.41) is 12.8. The molecule has 3 aromatic rings. The molecule has 0 aliphatic carbocycles. The SMILES string of the molecule is CCCCSc1nnc2c(n1)OC(c1ccc(OC)c(Br)c1)Nc1ccccc1-2. The van der Waals surface area contributed by atoms with Crippen molar-refractivity contribution in [3.05, 3.63) is 52.5 Å². The molecule has 1 unspecified atom stereocenters. The molecule has 0 amide bonds. The lowest BCUT2D eigenvalue weighted by Gasteiger charge is -2.20. The van der Waals surface area contributed by atoms with Crippen molar-refractivity contribution >= 4 is 33.4 Å². The van der Waals surface area contributed by atoms with Gasteiger partial charge in [-0.05, 0) is 46.6 Å². The van der Waals surface area contributed by atoms with Crippen molar-refractivity contribution in [2.75, 3.05) is 18.2 Å². The molecule has 29 heavy (non-hydrogen) atoms. The van der Waals surface area contributed by atoms with Crippen LogP contribution >= 0.6 is 27.7 Å². The second kappa shape index (κ2) is 9.00. The van der Waals surface area contributed by atoms with Crippen LogP contribution in [0.3, 0.4) is 0 Å². The smallest absolute Gasteiger partial charge is 0.247 e. The number of aromatic nitrogens is 3. The number of halogens is 1. The van der Waals surface area contributed by atoms with Gasteiger partial charge >= 0.3 is 0 Å². The summed E-state index contributed by atoms with van der Waals surface area (Å²) < 4.78 is 12.5. The lowest BCUT2D eigenvalue weighted by molar-refractivity contribution is 0.225. The highest BCUT2D eigenvalue weighted by Gasteiger charge is 2.26. The summed E-state index contributed by atoms with van der Waals surface area (Å²) in [6.45, 7) is 2.17. The molecule has 4 rings (SSSR count). The van der Waals surface area contributed by atoms with Crippen LogP contribution in [0.5, 0.6) is 11.6 Å². The van der Waals surface area contributed by atoms with Gasteiger partial charge in [0.25, 0.3) is 0 Å². The highest BCUT2D eigenvalue weighted by Crippen LogP contribution is 2.40. The molecule has 150 valence electrons. The van der Waals surface area contributed by atoms with Gasteiger partial charge < -0.3 is 14.8 Å². The van der Waals surface area contributed by atoms with Gasteiger partial charge in [-0.25, -0.2) is 0 Å². The third kappa shape index (κ3) is 4.33. The zero-order valence-electron chi connectivity index (χ0n) is 16.2. The number of nitrogens with one attached hydrogen (secondary N) is 1. The van der Waals surface area contributed by atoms with Gasteiger partial charge in [0.1, 0.15) is 5.75 Å². The van der Waals surface area contributed by atoms with Gasteiger partial charge in [-0.2, -0.15) is 4.98 Å². The third-order valence-electron chi connectivity index (χ3n) is 4.54. The molecule has 2 heterocycles. The minimum Gasteiger partial charge on any atom is -0.496 e. The van der Waals surface area contributed by atoms with Gasteiger partial charge in [0, 0.05) is 22.6 Å².